The Balaban J connectivity index is 0. The normalized spacial score (nSPS) is 11.0. The molecule has 0 aromatic heterocycles. The van der Waals surface area contributed by atoms with E-state index in [2.05, 4.69) is 14.6 Å². The van der Waals surface area contributed by atoms with Gasteiger partial charge in [-0.3, -0.25) is 9.59 Å². The van der Waals surface area contributed by atoms with E-state index < -0.39 is 31.0 Å². The predicted octanol–water partition coefficient (Wildman–Crippen LogP) is -1.04. The minimum absolute atomic E-state index is 0.185. The molecule has 0 rings (SSSR count). The van der Waals surface area contributed by atoms with Gasteiger partial charge in [0.05, 0.1) is 38.6 Å². The monoisotopic (exact) mass is 353 g/mol. The van der Waals surface area contributed by atoms with Crippen molar-refractivity contribution in [3.05, 3.63) is 0 Å². The van der Waals surface area contributed by atoms with Gasteiger partial charge in [-0.05, 0) is 0 Å². The number of carbonyl (C=O) groups is 2. The molecule has 0 fully saturated rings. The first kappa shape index (κ1) is 21.4. The molecule has 0 heterocycles. The first-order valence-corrected chi connectivity index (χ1v) is 9.17. The van der Waals surface area contributed by atoms with E-state index in [4.69, 9.17) is 10.7 Å². The maximum Gasteiger partial charge on any atom is 0.306 e. The number of esters is 2. The lowest BCUT2D eigenvalue weighted by atomic mass is 10.5. The van der Waals surface area contributed by atoms with E-state index in [1.54, 1.807) is 0 Å². The molecule has 0 radical (unpaired) electrons. The molecule has 0 aliphatic rings. The topological polar surface area (TPSA) is 147 Å². The minimum Gasteiger partial charge on any atom is -0.469 e. The number of halogens is 1. The molecular weight excluding hydrogens is 338 g/mol. The van der Waals surface area contributed by atoms with Gasteiger partial charge in [-0.25, -0.2) is 22.0 Å². The molecule has 120 valence electrons. The van der Waals surface area contributed by atoms with E-state index >= 15 is 0 Å². The van der Waals surface area contributed by atoms with Gasteiger partial charge in [0.1, 0.15) is 0 Å². The summed E-state index contributed by atoms with van der Waals surface area (Å²) in [5.74, 6) is -1.89. The van der Waals surface area contributed by atoms with Crippen LogP contribution in [-0.4, -0.2) is 54.5 Å². The Hall–Kier alpha value is -0.910. The highest BCUT2D eigenvalue weighted by molar-refractivity contribution is 8.13. The van der Waals surface area contributed by atoms with Gasteiger partial charge in [-0.2, -0.15) is 0 Å². The molecule has 0 unspecified atom stereocenters. The largest absolute Gasteiger partial charge is 0.469 e. The fourth-order valence-corrected chi connectivity index (χ4v) is 1.73. The Morgan fingerprint density at radius 3 is 1.55 bits per heavy atom. The molecule has 0 atom stereocenters. The van der Waals surface area contributed by atoms with Crippen molar-refractivity contribution in [2.45, 2.75) is 12.8 Å². The summed E-state index contributed by atoms with van der Waals surface area (Å²) in [6.07, 6.45) is -0.377. The van der Waals surface area contributed by atoms with E-state index in [1.165, 1.54) is 14.2 Å². The fraction of sp³-hybridized carbons (Fsp3) is 0.750. The van der Waals surface area contributed by atoms with Gasteiger partial charge < -0.3 is 9.47 Å². The standard InChI is InChI=1S/C4H7ClO4S.C4H9NO4S/c2*1-9-4(6)2-3-10(5,7)8/h2-3H2,1H3;2-3H2,1H3,(H2,5,7,8). The summed E-state index contributed by atoms with van der Waals surface area (Å²) in [7, 11) is 0.0803. The summed E-state index contributed by atoms with van der Waals surface area (Å²) in [6.45, 7) is 0. The van der Waals surface area contributed by atoms with Crippen molar-refractivity contribution < 1.29 is 35.9 Å². The Kier molecular flexibility index (Phi) is 10.6. The maximum absolute atomic E-state index is 10.3. The van der Waals surface area contributed by atoms with Gasteiger partial charge in [0, 0.05) is 10.7 Å². The highest BCUT2D eigenvalue weighted by Gasteiger charge is 2.09. The summed E-state index contributed by atoms with van der Waals surface area (Å²) in [5.41, 5.74) is 0. The molecule has 0 bridgehead atoms. The van der Waals surface area contributed by atoms with Crippen molar-refractivity contribution in [3.63, 3.8) is 0 Å². The Morgan fingerprint density at radius 1 is 0.950 bits per heavy atom. The molecule has 0 aromatic rings. The number of sulfonamides is 1. The van der Waals surface area contributed by atoms with Gasteiger partial charge in [0.15, 0.2) is 0 Å². The number of hydrogen-bond acceptors (Lipinski definition) is 8. The smallest absolute Gasteiger partial charge is 0.306 e. The van der Waals surface area contributed by atoms with Crippen LogP contribution < -0.4 is 5.14 Å². The van der Waals surface area contributed by atoms with Gasteiger partial charge >= 0.3 is 11.9 Å². The van der Waals surface area contributed by atoms with Crippen molar-refractivity contribution in [2.24, 2.45) is 5.14 Å². The summed E-state index contributed by atoms with van der Waals surface area (Å²) >= 11 is 0. The zero-order valence-electron chi connectivity index (χ0n) is 10.9. The van der Waals surface area contributed by atoms with Crippen LogP contribution in [0.25, 0.3) is 0 Å². The van der Waals surface area contributed by atoms with Crippen molar-refractivity contribution in [1.29, 1.82) is 0 Å². The number of primary sulfonamides is 1. The number of hydrogen-bond donors (Lipinski definition) is 1. The molecule has 2 N–H and O–H groups in total. The molecule has 0 saturated heterocycles. The molecule has 0 aliphatic heterocycles. The third-order valence-electron chi connectivity index (χ3n) is 1.60. The van der Waals surface area contributed by atoms with E-state index in [0.717, 1.165) is 0 Å². The van der Waals surface area contributed by atoms with E-state index in [-0.39, 0.29) is 24.3 Å². The molecule has 0 amide bonds. The second kappa shape index (κ2) is 9.91. The third-order valence-corrected chi connectivity index (χ3v) is 3.52. The quantitative estimate of drug-likeness (QED) is 0.470. The van der Waals surface area contributed by atoms with Crippen LogP contribution in [0.4, 0.5) is 0 Å². The van der Waals surface area contributed by atoms with Crippen molar-refractivity contribution in [2.75, 3.05) is 25.7 Å². The molecule has 12 heteroatoms. The Bertz CT molecular complexity index is 465. The molecule has 0 aliphatic carbocycles. The van der Waals surface area contributed by atoms with Crippen LogP contribution in [0.1, 0.15) is 12.8 Å². The highest BCUT2D eigenvalue weighted by Crippen LogP contribution is 1.99. The van der Waals surface area contributed by atoms with Crippen LogP contribution in [0.2, 0.25) is 0 Å². The number of rotatable bonds is 6. The lowest BCUT2D eigenvalue weighted by Crippen LogP contribution is -2.19. The number of ether oxygens (including phenoxy) is 2. The molecule has 0 aromatic carbocycles. The first-order chi connectivity index (χ1) is 8.91. The zero-order chi connectivity index (χ0) is 16.4. The number of carbonyl (C=O) groups excluding carboxylic acids is 2. The molecular formula is C8H16ClNO8S2. The van der Waals surface area contributed by atoms with E-state index in [0.29, 0.717) is 0 Å². The maximum atomic E-state index is 10.3. The fourth-order valence-electron chi connectivity index (χ4n) is 0.635. The first-order valence-electron chi connectivity index (χ1n) is 4.97. The summed E-state index contributed by atoms with van der Waals surface area (Å²) in [5, 5.41) is 4.60. The van der Waals surface area contributed by atoms with Gasteiger partial charge in [0.2, 0.25) is 19.1 Å². The van der Waals surface area contributed by atoms with Gasteiger partial charge in [0.25, 0.3) is 0 Å². The van der Waals surface area contributed by atoms with Crippen molar-refractivity contribution >= 4 is 41.7 Å². The second-order valence-corrected chi connectivity index (χ2v) is 7.89. The van der Waals surface area contributed by atoms with Crippen LogP contribution >= 0.6 is 10.7 Å². The van der Waals surface area contributed by atoms with Gasteiger partial charge in [-0.1, -0.05) is 0 Å². The SMILES string of the molecule is COC(=O)CCS(=O)(=O)Cl.COC(=O)CCS(N)(=O)=O. The minimum atomic E-state index is -3.56. The highest BCUT2D eigenvalue weighted by atomic mass is 35.7. The van der Waals surface area contributed by atoms with Crippen LogP contribution in [-0.2, 0) is 38.1 Å². The average Bonchev–Trinajstić information content (AvgIpc) is 2.31. The van der Waals surface area contributed by atoms with Crippen LogP contribution in [0, 0.1) is 0 Å². The van der Waals surface area contributed by atoms with E-state index in [9.17, 15) is 26.4 Å². The molecule has 0 spiro atoms. The van der Waals surface area contributed by atoms with Crippen LogP contribution in [0.15, 0.2) is 0 Å². The summed E-state index contributed by atoms with van der Waals surface area (Å²) < 4.78 is 49.2. The summed E-state index contributed by atoms with van der Waals surface area (Å²) in [6, 6.07) is 0. The molecule has 9 nitrogen and oxygen atoms in total. The molecule has 20 heavy (non-hydrogen) atoms. The van der Waals surface area contributed by atoms with Crippen molar-refractivity contribution in [1.82, 2.24) is 0 Å². The molecule has 0 saturated carbocycles. The van der Waals surface area contributed by atoms with Crippen LogP contribution in [0.3, 0.4) is 0 Å². The lowest BCUT2D eigenvalue weighted by molar-refractivity contribution is -0.141. The zero-order valence-corrected chi connectivity index (χ0v) is 13.3. The second-order valence-electron chi connectivity index (χ2n) is 3.26. The Labute approximate surface area is 121 Å². The third kappa shape index (κ3) is 19.4. The van der Waals surface area contributed by atoms with Crippen molar-refractivity contribution in [3.8, 4) is 0 Å². The van der Waals surface area contributed by atoms with Gasteiger partial charge in [-0.15, -0.1) is 0 Å². The summed E-state index contributed by atoms with van der Waals surface area (Å²) in [4.78, 5) is 20.6. The predicted molar refractivity (Wildman–Crippen MR) is 70.9 cm³/mol. The lowest BCUT2D eigenvalue weighted by Gasteiger charge is -1.95. The van der Waals surface area contributed by atoms with E-state index in [1.807, 2.05) is 0 Å². The van der Waals surface area contributed by atoms with Crippen LogP contribution in [0.5, 0.6) is 0 Å². The number of nitrogens with two attached hydrogens (primary N) is 1. The average molecular weight is 354 g/mol. The number of methoxy groups -OCH3 is 2. The Morgan fingerprint density at radius 2 is 1.30 bits per heavy atom.